The normalized spacial score (nSPS) is 12.1. The van der Waals surface area contributed by atoms with Crippen molar-refractivity contribution in [2.75, 3.05) is 23.8 Å². The highest BCUT2D eigenvalue weighted by Gasteiger charge is 2.26. The van der Waals surface area contributed by atoms with Gasteiger partial charge in [-0.25, -0.2) is 4.21 Å². The quantitative estimate of drug-likeness (QED) is 0.447. The molecule has 1 atom stereocenters. The number of amides is 1. The first-order chi connectivity index (χ1) is 16.1. The van der Waals surface area contributed by atoms with E-state index in [4.69, 9.17) is 16.3 Å². The Bertz CT molecular complexity index is 1240. The molecule has 0 fully saturated rings. The first-order valence-corrected chi connectivity index (χ1v) is 11.9. The van der Waals surface area contributed by atoms with Gasteiger partial charge in [0, 0.05) is 24.9 Å². The molecule has 178 valence electrons. The number of pyridine rings is 1. The smallest absolute Gasteiger partial charge is 0.261 e. The van der Waals surface area contributed by atoms with Gasteiger partial charge in [0.2, 0.25) is 0 Å². The van der Waals surface area contributed by atoms with Crippen LogP contribution in [0.1, 0.15) is 47.1 Å². The van der Waals surface area contributed by atoms with E-state index in [1.165, 1.54) is 43.6 Å². The number of anilines is 2. The molecule has 0 spiro atoms. The van der Waals surface area contributed by atoms with Gasteiger partial charge in [-0.1, -0.05) is 44.5 Å². The van der Waals surface area contributed by atoms with Crippen LogP contribution < -0.4 is 14.4 Å². The van der Waals surface area contributed by atoms with Crippen LogP contribution in [0, 0.1) is 0 Å². The molecule has 1 heterocycles. The minimum Gasteiger partial charge on any atom is -0.494 e. The lowest BCUT2D eigenvalue weighted by molar-refractivity contribution is 0.0986. The average Bonchev–Trinajstić information content (AvgIpc) is 2.83. The number of aromatic nitrogens is 1. The van der Waals surface area contributed by atoms with Gasteiger partial charge in [0.15, 0.2) is 6.29 Å². The summed E-state index contributed by atoms with van der Waals surface area (Å²) >= 11 is 6.23. The van der Waals surface area contributed by atoms with E-state index in [0.29, 0.717) is 22.6 Å². The number of nitrogens with zero attached hydrogens (tertiary/aromatic N) is 2. The highest BCUT2D eigenvalue weighted by molar-refractivity contribution is 7.86. The van der Waals surface area contributed by atoms with Gasteiger partial charge in [-0.05, 0) is 35.2 Å². The number of nitrogens with one attached hydrogen (secondary N) is 1. The second-order valence-electron chi connectivity index (χ2n) is 8.56. The third-order valence-electron chi connectivity index (χ3n) is 5.31. The standard InChI is InChI=1S/C25H26ClN3O4S/c1-25(2,3)16-6-8-17(9-7-16)34(32)28-20-11-10-19(26)18(15-30)23(20)24(31)29(4)21-14-27-13-12-22(21)33-5/h6-15,28H,1-5H3. The molecule has 0 aliphatic rings. The number of methoxy groups -OCH3 is 1. The predicted molar refractivity (Wildman–Crippen MR) is 136 cm³/mol. The van der Waals surface area contributed by atoms with Gasteiger partial charge in [0.1, 0.15) is 22.4 Å². The van der Waals surface area contributed by atoms with Crippen LogP contribution in [0.3, 0.4) is 0 Å². The fourth-order valence-electron chi connectivity index (χ4n) is 3.34. The van der Waals surface area contributed by atoms with Crippen molar-refractivity contribution >= 4 is 46.2 Å². The number of benzene rings is 2. The summed E-state index contributed by atoms with van der Waals surface area (Å²) in [7, 11) is 1.32. The lowest BCUT2D eigenvalue weighted by Gasteiger charge is -2.22. The highest BCUT2D eigenvalue weighted by Crippen LogP contribution is 2.32. The lowest BCUT2D eigenvalue weighted by atomic mass is 9.87. The van der Waals surface area contributed by atoms with Gasteiger partial charge >= 0.3 is 0 Å². The molecule has 0 aliphatic carbocycles. The van der Waals surface area contributed by atoms with Crippen molar-refractivity contribution in [2.24, 2.45) is 0 Å². The Kier molecular flexibility index (Phi) is 7.74. The summed E-state index contributed by atoms with van der Waals surface area (Å²) in [6.45, 7) is 6.28. The summed E-state index contributed by atoms with van der Waals surface area (Å²) in [5, 5.41) is 0.107. The van der Waals surface area contributed by atoms with Crippen molar-refractivity contribution in [2.45, 2.75) is 31.1 Å². The first kappa shape index (κ1) is 25.4. The van der Waals surface area contributed by atoms with E-state index in [1.54, 1.807) is 18.2 Å². The van der Waals surface area contributed by atoms with Crippen LogP contribution in [-0.2, 0) is 16.4 Å². The monoisotopic (exact) mass is 499 g/mol. The SMILES string of the molecule is COc1ccncc1N(C)C(=O)c1c(NS(=O)c2ccc(C(C)(C)C)cc2)ccc(Cl)c1C=O. The van der Waals surface area contributed by atoms with E-state index in [0.717, 1.165) is 5.56 Å². The van der Waals surface area contributed by atoms with Crippen LogP contribution >= 0.6 is 11.6 Å². The molecule has 0 bridgehead atoms. The van der Waals surface area contributed by atoms with E-state index >= 15 is 0 Å². The average molecular weight is 500 g/mol. The minimum atomic E-state index is -1.69. The minimum absolute atomic E-state index is 0.00410. The number of hydrogen-bond donors (Lipinski definition) is 1. The summed E-state index contributed by atoms with van der Waals surface area (Å²) < 4.78 is 21.3. The second-order valence-corrected chi connectivity index (χ2v) is 10.2. The molecule has 7 nitrogen and oxygen atoms in total. The van der Waals surface area contributed by atoms with Crippen LogP contribution in [0.2, 0.25) is 5.02 Å². The van der Waals surface area contributed by atoms with Crippen LogP contribution in [-0.4, -0.2) is 35.5 Å². The van der Waals surface area contributed by atoms with Gasteiger partial charge in [0.25, 0.3) is 5.91 Å². The molecular formula is C25H26ClN3O4S. The van der Waals surface area contributed by atoms with Crippen LogP contribution in [0.5, 0.6) is 5.75 Å². The van der Waals surface area contributed by atoms with E-state index in [9.17, 15) is 13.8 Å². The Morgan fingerprint density at radius 3 is 2.41 bits per heavy atom. The molecular weight excluding hydrogens is 474 g/mol. The maximum Gasteiger partial charge on any atom is 0.261 e. The summed E-state index contributed by atoms with van der Waals surface area (Å²) in [4.78, 5) is 31.3. The maximum absolute atomic E-state index is 13.5. The Hall–Kier alpha value is -3.23. The largest absolute Gasteiger partial charge is 0.494 e. The molecule has 34 heavy (non-hydrogen) atoms. The number of aldehydes is 1. The molecule has 1 amide bonds. The van der Waals surface area contributed by atoms with E-state index in [1.807, 2.05) is 12.1 Å². The third kappa shape index (κ3) is 5.29. The zero-order valence-corrected chi connectivity index (χ0v) is 21.2. The molecule has 0 saturated heterocycles. The van der Waals surface area contributed by atoms with Crippen molar-refractivity contribution in [3.8, 4) is 5.75 Å². The first-order valence-electron chi connectivity index (χ1n) is 10.4. The lowest BCUT2D eigenvalue weighted by Crippen LogP contribution is -2.29. The molecule has 1 aromatic heterocycles. The summed E-state index contributed by atoms with van der Waals surface area (Å²) in [5.41, 5.74) is 1.66. The molecule has 0 radical (unpaired) electrons. The maximum atomic E-state index is 13.5. The molecule has 9 heteroatoms. The van der Waals surface area contributed by atoms with Crippen molar-refractivity contribution in [3.05, 3.63) is 76.6 Å². The zero-order valence-electron chi connectivity index (χ0n) is 19.6. The third-order valence-corrected chi connectivity index (χ3v) is 6.74. The number of hydrogen-bond acceptors (Lipinski definition) is 5. The second kappa shape index (κ2) is 10.4. The molecule has 0 saturated carbocycles. The Morgan fingerprint density at radius 1 is 1.15 bits per heavy atom. The predicted octanol–water partition coefficient (Wildman–Crippen LogP) is 5.26. The molecule has 3 aromatic rings. The fourth-order valence-corrected chi connectivity index (χ4v) is 4.41. The van der Waals surface area contributed by atoms with E-state index < -0.39 is 16.9 Å². The van der Waals surface area contributed by atoms with Gasteiger partial charge in [-0.15, -0.1) is 0 Å². The number of halogens is 1. The zero-order chi connectivity index (χ0) is 25.0. The number of carbonyl (C=O) groups is 2. The highest BCUT2D eigenvalue weighted by atomic mass is 35.5. The van der Waals surface area contributed by atoms with Crippen LogP contribution in [0.25, 0.3) is 0 Å². The van der Waals surface area contributed by atoms with Crippen LogP contribution in [0.15, 0.2) is 59.8 Å². The van der Waals surface area contributed by atoms with Gasteiger partial charge in [-0.2, -0.15) is 0 Å². The Balaban J connectivity index is 2.00. The number of carbonyl (C=O) groups excluding carboxylic acids is 2. The van der Waals surface area contributed by atoms with Crippen molar-refractivity contribution in [1.82, 2.24) is 4.98 Å². The molecule has 3 rings (SSSR count). The fraction of sp³-hybridized carbons (Fsp3) is 0.240. The van der Waals surface area contributed by atoms with Gasteiger partial charge in [0.05, 0.1) is 34.5 Å². The van der Waals surface area contributed by atoms with Crippen molar-refractivity contribution in [1.29, 1.82) is 0 Å². The summed E-state index contributed by atoms with van der Waals surface area (Å²) in [6.07, 6.45) is 3.53. The van der Waals surface area contributed by atoms with Gasteiger partial charge < -0.3 is 14.4 Å². The summed E-state index contributed by atoms with van der Waals surface area (Å²) in [6, 6.07) is 12.0. The number of rotatable bonds is 7. The Labute approximate surface area is 206 Å². The van der Waals surface area contributed by atoms with Gasteiger partial charge in [-0.3, -0.25) is 14.6 Å². The number of ether oxygens (including phenoxy) is 1. The molecule has 2 aromatic carbocycles. The molecule has 1 N–H and O–H groups in total. The Morgan fingerprint density at radius 2 is 1.82 bits per heavy atom. The van der Waals surface area contributed by atoms with Crippen molar-refractivity contribution in [3.63, 3.8) is 0 Å². The molecule has 1 unspecified atom stereocenters. The van der Waals surface area contributed by atoms with Crippen LogP contribution in [0.4, 0.5) is 11.4 Å². The molecule has 0 aliphatic heterocycles. The topological polar surface area (TPSA) is 88.6 Å². The van der Waals surface area contributed by atoms with Crippen molar-refractivity contribution < 1.29 is 18.5 Å². The van der Waals surface area contributed by atoms with E-state index in [2.05, 4.69) is 30.5 Å². The summed E-state index contributed by atoms with van der Waals surface area (Å²) in [5.74, 6) is -0.115. The van der Waals surface area contributed by atoms with E-state index in [-0.39, 0.29) is 27.3 Å².